The number of aliphatic hydroxyl groups is 1. The van der Waals surface area contributed by atoms with Crippen molar-refractivity contribution in [2.75, 3.05) is 0 Å². The van der Waals surface area contributed by atoms with Crippen LogP contribution in [-0.2, 0) is 17.9 Å². The van der Waals surface area contributed by atoms with Crippen LogP contribution >= 0.6 is 0 Å². The van der Waals surface area contributed by atoms with Gasteiger partial charge in [0.15, 0.2) is 0 Å². The second-order valence-electron chi connectivity index (χ2n) is 5.18. The average Bonchev–Trinajstić information content (AvgIpc) is 2.63. The Hall–Kier alpha value is -2.13. The van der Waals surface area contributed by atoms with Crippen molar-refractivity contribution in [2.45, 2.75) is 26.1 Å². The van der Waals surface area contributed by atoms with Crippen molar-refractivity contribution in [3.63, 3.8) is 0 Å². The number of rotatable bonds is 1. The van der Waals surface area contributed by atoms with Gasteiger partial charge in [0, 0.05) is 13.1 Å². The molecule has 1 aliphatic heterocycles. The number of carbonyl (C=O) groups excluding carboxylic acids is 1. The number of amides is 1. The molecule has 0 fully saturated rings. The fourth-order valence-corrected chi connectivity index (χ4v) is 2.73. The third kappa shape index (κ3) is 2.21. The van der Waals surface area contributed by atoms with Crippen LogP contribution in [0.1, 0.15) is 18.1 Å². The zero-order chi connectivity index (χ0) is 14.1. The van der Waals surface area contributed by atoms with Crippen LogP contribution < -0.4 is 0 Å². The quantitative estimate of drug-likeness (QED) is 0.862. The summed E-state index contributed by atoms with van der Waals surface area (Å²) in [7, 11) is 0. The first-order valence-corrected chi connectivity index (χ1v) is 6.80. The largest absolute Gasteiger partial charge is 0.384 e. The van der Waals surface area contributed by atoms with Crippen molar-refractivity contribution in [2.24, 2.45) is 0 Å². The van der Waals surface area contributed by atoms with Crippen molar-refractivity contribution >= 4 is 5.91 Å². The van der Waals surface area contributed by atoms with Gasteiger partial charge in [0.2, 0.25) is 0 Å². The van der Waals surface area contributed by atoms with Crippen LogP contribution in [0.25, 0.3) is 11.1 Å². The first-order chi connectivity index (χ1) is 9.66. The van der Waals surface area contributed by atoms with Gasteiger partial charge >= 0.3 is 0 Å². The molecule has 0 saturated carbocycles. The molecule has 1 unspecified atom stereocenters. The summed E-state index contributed by atoms with van der Waals surface area (Å²) in [6.07, 6.45) is -0.965. The topological polar surface area (TPSA) is 40.5 Å². The number of fused-ring (bicyclic) bond motifs is 3. The molecule has 102 valence electrons. The highest BCUT2D eigenvalue weighted by atomic mass is 16.3. The van der Waals surface area contributed by atoms with Crippen LogP contribution in [0.2, 0.25) is 0 Å². The molecule has 2 aromatic carbocycles. The van der Waals surface area contributed by atoms with Gasteiger partial charge in [0.05, 0.1) is 0 Å². The van der Waals surface area contributed by atoms with Crippen molar-refractivity contribution in [1.29, 1.82) is 0 Å². The Morgan fingerprint density at radius 2 is 1.45 bits per heavy atom. The molecule has 3 nitrogen and oxygen atoms in total. The molecule has 0 spiro atoms. The Morgan fingerprint density at radius 3 is 1.90 bits per heavy atom. The highest BCUT2D eigenvalue weighted by Gasteiger charge is 2.24. The van der Waals surface area contributed by atoms with Crippen LogP contribution in [0.3, 0.4) is 0 Å². The van der Waals surface area contributed by atoms with Gasteiger partial charge in [-0.05, 0) is 29.2 Å². The third-order valence-corrected chi connectivity index (χ3v) is 3.72. The Kier molecular flexibility index (Phi) is 3.28. The van der Waals surface area contributed by atoms with E-state index < -0.39 is 6.10 Å². The Labute approximate surface area is 118 Å². The van der Waals surface area contributed by atoms with E-state index in [4.69, 9.17) is 0 Å². The SMILES string of the molecule is CC(O)C(=O)N1Cc2ccccc2-c2ccccc2C1. The lowest BCUT2D eigenvalue weighted by Gasteiger charge is -2.22. The summed E-state index contributed by atoms with van der Waals surface area (Å²) in [4.78, 5) is 13.9. The molecule has 1 aliphatic rings. The maximum absolute atomic E-state index is 12.1. The summed E-state index contributed by atoms with van der Waals surface area (Å²) in [5, 5.41) is 9.57. The molecule has 3 heteroatoms. The standard InChI is InChI=1S/C17H17NO2/c1-12(19)17(20)18-10-13-6-2-4-8-15(13)16-9-5-3-7-14(16)11-18/h2-9,12,19H,10-11H2,1H3. The molecule has 3 rings (SSSR count). The molecular weight excluding hydrogens is 250 g/mol. The van der Waals surface area contributed by atoms with E-state index in [-0.39, 0.29) is 5.91 Å². The fraction of sp³-hybridized carbons (Fsp3) is 0.235. The number of carbonyl (C=O) groups is 1. The first kappa shape index (κ1) is 12.9. The average molecular weight is 267 g/mol. The van der Waals surface area contributed by atoms with E-state index in [2.05, 4.69) is 12.1 Å². The summed E-state index contributed by atoms with van der Waals surface area (Å²) in [5.74, 6) is -0.225. The second-order valence-corrected chi connectivity index (χ2v) is 5.18. The van der Waals surface area contributed by atoms with Crippen molar-refractivity contribution in [1.82, 2.24) is 4.90 Å². The maximum atomic E-state index is 12.1. The molecule has 1 amide bonds. The van der Waals surface area contributed by atoms with E-state index in [1.807, 2.05) is 36.4 Å². The van der Waals surface area contributed by atoms with E-state index in [1.165, 1.54) is 18.1 Å². The number of benzene rings is 2. The minimum absolute atomic E-state index is 0.225. The van der Waals surface area contributed by atoms with Crippen LogP contribution in [0, 0.1) is 0 Å². The zero-order valence-corrected chi connectivity index (χ0v) is 11.4. The number of hydrogen-bond donors (Lipinski definition) is 1. The number of hydrogen-bond acceptors (Lipinski definition) is 2. The van der Waals surface area contributed by atoms with Crippen molar-refractivity contribution < 1.29 is 9.90 Å². The van der Waals surface area contributed by atoms with Crippen LogP contribution in [0.5, 0.6) is 0 Å². The number of nitrogens with zero attached hydrogens (tertiary/aromatic N) is 1. The van der Waals surface area contributed by atoms with Gasteiger partial charge in [0.25, 0.3) is 5.91 Å². The monoisotopic (exact) mass is 267 g/mol. The zero-order valence-electron chi connectivity index (χ0n) is 11.4. The fourth-order valence-electron chi connectivity index (χ4n) is 2.73. The van der Waals surface area contributed by atoms with Crippen molar-refractivity contribution in [3.05, 3.63) is 59.7 Å². The first-order valence-electron chi connectivity index (χ1n) is 6.80. The highest BCUT2D eigenvalue weighted by molar-refractivity contribution is 5.82. The Morgan fingerprint density at radius 1 is 1.00 bits per heavy atom. The summed E-state index contributed by atoms with van der Waals surface area (Å²) < 4.78 is 0. The molecule has 1 N–H and O–H groups in total. The summed E-state index contributed by atoms with van der Waals surface area (Å²) in [5.41, 5.74) is 4.57. The van der Waals surface area contributed by atoms with Gasteiger partial charge in [-0.15, -0.1) is 0 Å². The highest BCUT2D eigenvalue weighted by Crippen LogP contribution is 2.32. The van der Waals surface area contributed by atoms with E-state index >= 15 is 0 Å². The van der Waals surface area contributed by atoms with Crippen LogP contribution in [0.4, 0.5) is 0 Å². The second kappa shape index (κ2) is 5.10. The lowest BCUT2D eigenvalue weighted by atomic mass is 9.97. The summed E-state index contributed by atoms with van der Waals surface area (Å²) >= 11 is 0. The molecule has 1 heterocycles. The molecule has 1 atom stereocenters. The minimum atomic E-state index is -0.965. The van der Waals surface area contributed by atoms with Gasteiger partial charge < -0.3 is 10.0 Å². The Bertz CT molecular complexity index is 601. The van der Waals surface area contributed by atoms with Crippen LogP contribution in [0.15, 0.2) is 48.5 Å². The number of aliphatic hydroxyl groups excluding tert-OH is 1. The molecular formula is C17H17NO2. The predicted molar refractivity (Wildman–Crippen MR) is 77.8 cm³/mol. The molecule has 0 aliphatic carbocycles. The summed E-state index contributed by atoms with van der Waals surface area (Å²) in [6.45, 7) is 2.59. The third-order valence-electron chi connectivity index (χ3n) is 3.72. The maximum Gasteiger partial charge on any atom is 0.251 e. The minimum Gasteiger partial charge on any atom is -0.384 e. The summed E-state index contributed by atoms with van der Waals surface area (Å²) in [6, 6.07) is 16.3. The van der Waals surface area contributed by atoms with Gasteiger partial charge in [0.1, 0.15) is 6.10 Å². The molecule has 0 saturated heterocycles. The predicted octanol–water partition coefficient (Wildman–Crippen LogP) is 2.58. The van der Waals surface area contributed by atoms with Gasteiger partial charge in [-0.1, -0.05) is 48.5 Å². The van der Waals surface area contributed by atoms with E-state index in [9.17, 15) is 9.90 Å². The van der Waals surface area contributed by atoms with E-state index in [0.717, 1.165) is 11.1 Å². The lowest BCUT2D eigenvalue weighted by molar-refractivity contribution is -0.140. The molecule has 0 aromatic heterocycles. The molecule has 2 aromatic rings. The van der Waals surface area contributed by atoms with Crippen LogP contribution in [-0.4, -0.2) is 22.0 Å². The van der Waals surface area contributed by atoms with Gasteiger partial charge in [-0.3, -0.25) is 4.79 Å². The van der Waals surface area contributed by atoms with E-state index in [0.29, 0.717) is 13.1 Å². The molecule has 0 radical (unpaired) electrons. The molecule has 0 bridgehead atoms. The van der Waals surface area contributed by atoms with E-state index in [1.54, 1.807) is 4.90 Å². The Balaban J connectivity index is 2.12. The molecule has 20 heavy (non-hydrogen) atoms. The van der Waals surface area contributed by atoms with Gasteiger partial charge in [-0.25, -0.2) is 0 Å². The van der Waals surface area contributed by atoms with Crippen molar-refractivity contribution in [3.8, 4) is 11.1 Å². The lowest BCUT2D eigenvalue weighted by Crippen LogP contribution is -2.36. The normalized spacial score (nSPS) is 15.0. The smallest absolute Gasteiger partial charge is 0.251 e. The van der Waals surface area contributed by atoms with Gasteiger partial charge in [-0.2, -0.15) is 0 Å².